The van der Waals surface area contributed by atoms with Gasteiger partial charge in [0.2, 0.25) is 13.3 Å². The summed E-state index contributed by atoms with van der Waals surface area (Å²) in [7, 11) is -9.43. The molecule has 2 aliphatic rings. The summed E-state index contributed by atoms with van der Waals surface area (Å²) in [4.78, 5) is 7.30. The van der Waals surface area contributed by atoms with E-state index in [-0.39, 0.29) is 90.6 Å². The van der Waals surface area contributed by atoms with Crippen LogP contribution in [0.5, 0.6) is 0 Å². The monoisotopic (exact) mass is 1200 g/mol. The molecule has 4 radical (unpaired) electrons. The molecule has 0 N–H and O–H groups in total. The molecule has 2 saturated heterocycles. The number of nitrogens with zero attached hydrogens (tertiary/aromatic N) is 4. The largest absolute Gasteiger partial charge is 1.00 e. The second-order valence-electron chi connectivity index (χ2n) is 18.4. The van der Waals surface area contributed by atoms with Crippen LogP contribution >= 0.6 is 0 Å². The predicted octanol–water partition coefficient (Wildman–Crippen LogP) is 13.0. The Hall–Kier alpha value is -5.74. The number of para-hydroxylation sites is 4. The zero-order valence-corrected chi connectivity index (χ0v) is 45.5. The van der Waals surface area contributed by atoms with Crippen molar-refractivity contribution in [2.24, 2.45) is 0 Å². The molecule has 8 aromatic rings. The number of anilines is 4. The van der Waals surface area contributed by atoms with Gasteiger partial charge in [-0.1, -0.05) is 210 Å². The summed E-state index contributed by atoms with van der Waals surface area (Å²) >= 11 is 0. The Kier molecular flexibility index (Phi) is 18.4. The van der Waals surface area contributed by atoms with Gasteiger partial charge in [-0.15, -0.1) is 0 Å². The Morgan fingerprint density at radius 3 is 0.811 bits per heavy atom. The van der Waals surface area contributed by atoms with Crippen molar-refractivity contribution in [3.05, 3.63) is 265 Å². The molecule has 14 heteroatoms. The van der Waals surface area contributed by atoms with Crippen molar-refractivity contribution < 1.29 is 70.7 Å². The van der Waals surface area contributed by atoms with E-state index in [0.29, 0.717) is 11.4 Å². The first-order valence-electron chi connectivity index (χ1n) is 23.9. The Morgan fingerprint density at radius 2 is 0.554 bits per heavy atom. The van der Waals surface area contributed by atoms with E-state index in [1.54, 1.807) is 36.4 Å². The summed E-state index contributed by atoms with van der Waals surface area (Å²) in [5, 5.41) is 0. The molecule has 2 heterocycles. The third-order valence-electron chi connectivity index (χ3n) is 13.1. The molecule has 2 aliphatic heterocycles. The summed E-state index contributed by atoms with van der Waals surface area (Å²) in [5.74, 6) is 0.524. The summed E-state index contributed by atoms with van der Waals surface area (Å²) < 4.78 is 73.7. The van der Waals surface area contributed by atoms with Crippen molar-refractivity contribution in [1.82, 2.24) is 0 Å². The number of rotatable bonds is 12. The summed E-state index contributed by atoms with van der Waals surface area (Å²) in [6.07, 6.45) is 0. The van der Waals surface area contributed by atoms with Crippen molar-refractivity contribution in [1.29, 1.82) is 0 Å². The van der Waals surface area contributed by atoms with E-state index >= 15 is 0 Å². The van der Waals surface area contributed by atoms with Crippen LogP contribution in [0.1, 0.15) is 97.1 Å². The van der Waals surface area contributed by atoms with Crippen molar-refractivity contribution in [2.45, 2.75) is 73.5 Å². The first kappa shape index (κ1) is 56.0. The maximum Gasteiger partial charge on any atom is 1.00 e. The summed E-state index contributed by atoms with van der Waals surface area (Å²) in [5.41, 5.74) is 9.01. The van der Waals surface area contributed by atoms with Crippen molar-refractivity contribution >= 4 is 43.0 Å². The molecule has 4 atom stereocenters. The fraction of sp³-hybridized carbons (Fsp3) is 0.167. The first-order valence-corrected chi connectivity index (χ1v) is 26.7. The molecular formula is C60H54Ag2N4O6S2. The zero-order valence-electron chi connectivity index (χ0n) is 40.9. The summed E-state index contributed by atoms with van der Waals surface area (Å²) in [6, 6.07) is 68.2. The zero-order chi connectivity index (χ0) is 50.6. The van der Waals surface area contributed by atoms with Crippen LogP contribution in [0.15, 0.2) is 228 Å². The molecule has 0 bridgehead atoms. The van der Waals surface area contributed by atoms with Gasteiger partial charge in [-0.2, -0.15) is 0 Å². The van der Waals surface area contributed by atoms with Crippen molar-refractivity contribution in [3.63, 3.8) is 0 Å². The van der Waals surface area contributed by atoms with Crippen LogP contribution < -0.4 is 19.6 Å². The van der Waals surface area contributed by atoms with Gasteiger partial charge in [0.05, 0.1) is 45.3 Å². The molecule has 2 fully saturated rings. The van der Waals surface area contributed by atoms with Gasteiger partial charge in [-0.3, -0.25) is 0 Å². The molecule has 10 rings (SSSR count). The molecule has 0 aliphatic carbocycles. The van der Waals surface area contributed by atoms with E-state index in [9.17, 15) is 25.9 Å². The second kappa shape index (κ2) is 24.3. The van der Waals surface area contributed by atoms with Crippen molar-refractivity contribution in [2.75, 3.05) is 19.6 Å². The normalized spacial score (nSPS) is 17.6. The fourth-order valence-electron chi connectivity index (χ4n) is 9.91. The molecular weight excluding hydrogens is 1150 g/mol. The van der Waals surface area contributed by atoms with Crippen molar-refractivity contribution in [3.8, 4) is 0 Å². The molecule has 0 aromatic heterocycles. The van der Waals surface area contributed by atoms with E-state index in [4.69, 9.17) is 0 Å². The average Bonchev–Trinajstić information content (AvgIpc) is 4.00. The molecule has 0 amide bonds. The summed E-state index contributed by atoms with van der Waals surface area (Å²) in [6.45, 7) is 15.6. The fourth-order valence-corrected chi connectivity index (χ4v) is 11.2. The molecule has 384 valence electrons. The maximum absolute atomic E-state index is 12.3. The Morgan fingerprint density at radius 1 is 0.338 bits per heavy atom. The van der Waals surface area contributed by atoms with Crippen LogP contribution in [0, 0.1) is 13.3 Å². The Bertz CT molecular complexity index is 3120. The molecule has 74 heavy (non-hydrogen) atoms. The van der Waals surface area contributed by atoms with Crippen LogP contribution in [0.2, 0.25) is 0 Å². The standard InChI is InChI=1S/2C30H28N2O3S.2Ag/c2*1-22(2)25-17-9-10-18-26(25)31-21-32(27-19-11-12-20-28(27)36(33,34)35)30(24-15-7-4-8-16-24)29(31)23-13-5-3-6-14-23;;/h2*3-20,22,29-30H,1-2H3,(H,33,34,35);;/q;;2*+1/p-2/t2*29-,30-;;/m00../s1. The minimum Gasteiger partial charge on any atom is -0.744 e. The minimum absolute atomic E-state index is 0. The van der Waals surface area contributed by atoms with E-state index < -0.39 is 20.2 Å². The van der Waals surface area contributed by atoms with E-state index in [1.165, 1.54) is 12.1 Å². The van der Waals surface area contributed by atoms with Crippen LogP contribution in [-0.4, -0.2) is 25.9 Å². The van der Waals surface area contributed by atoms with Gasteiger partial charge < -0.3 is 28.7 Å². The predicted molar refractivity (Wildman–Crippen MR) is 283 cm³/mol. The quantitative estimate of drug-likeness (QED) is 0.0862. The first-order chi connectivity index (χ1) is 34.7. The van der Waals surface area contributed by atoms with Crippen LogP contribution in [0.25, 0.3) is 0 Å². The topological polar surface area (TPSA) is 127 Å². The third kappa shape index (κ3) is 11.9. The number of hydrogen-bond acceptors (Lipinski definition) is 10. The third-order valence-corrected chi connectivity index (χ3v) is 14.9. The number of hydrogen-bond donors (Lipinski definition) is 0. The molecule has 0 saturated carbocycles. The van der Waals surface area contributed by atoms with Crippen LogP contribution in [0.4, 0.5) is 22.7 Å². The molecule has 10 nitrogen and oxygen atoms in total. The van der Waals surface area contributed by atoms with Gasteiger partial charge in [0.15, 0.2) is 0 Å². The SMILES string of the molecule is CC(C)c1ccccc1N1[C]N(c2ccccc2S(=O)(=O)[O-])[C@@H](c2ccccc2)[C@@H]1c1ccccc1.CC(C)c1ccccc1N1[C]N(c2ccccc2S(=O)(=O)[O-])[C@@H](c2ccccc2)[C@@H]1c1ccccc1.[Ag+].[Ag+]. The van der Waals surface area contributed by atoms with Gasteiger partial charge >= 0.3 is 44.8 Å². The van der Waals surface area contributed by atoms with Gasteiger partial charge in [0.25, 0.3) is 0 Å². The van der Waals surface area contributed by atoms with E-state index in [0.717, 1.165) is 44.8 Å². The minimum atomic E-state index is -4.71. The maximum atomic E-state index is 12.3. The molecule has 8 aromatic carbocycles. The smallest absolute Gasteiger partial charge is 0.744 e. The molecule has 0 unspecified atom stereocenters. The Labute approximate surface area is 468 Å². The molecule has 0 spiro atoms. The van der Waals surface area contributed by atoms with E-state index in [1.807, 2.05) is 131 Å². The Balaban J connectivity index is 0.000000211. The van der Waals surface area contributed by atoms with E-state index in [2.05, 4.69) is 99.4 Å². The van der Waals surface area contributed by atoms with Crippen LogP contribution in [-0.2, 0) is 65.0 Å². The number of benzene rings is 8. The second-order valence-corrected chi connectivity index (χ2v) is 21.1. The van der Waals surface area contributed by atoms with Gasteiger partial charge in [0.1, 0.15) is 20.2 Å². The average molecular weight is 1210 g/mol. The van der Waals surface area contributed by atoms with Gasteiger partial charge in [0, 0.05) is 11.4 Å². The van der Waals surface area contributed by atoms with Gasteiger partial charge in [-0.25, -0.2) is 16.8 Å². The van der Waals surface area contributed by atoms with Crippen LogP contribution in [0.3, 0.4) is 0 Å². The van der Waals surface area contributed by atoms with Gasteiger partial charge in [-0.05, 0) is 81.6 Å².